The van der Waals surface area contributed by atoms with Gasteiger partial charge in [0.15, 0.2) is 0 Å². The minimum absolute atomic E-state index is 0.546. The Labute approximate surface area is 92.8 Å². The SMILES string of the molecule is CCNC(CC)c1cc2sccc2s1. The smallest absolute Gasteiger partial charge is 0.0454 e. The molecule has 0 aliphatic rings. The second-order valence-electron chi connectivity index (χ2n) is 3.32. The minimum Gasteiger partial charge on any atom is -0.310 e. The van der Waals surface area contributed by atoms with Crippen LogP contribution in [-0.2, 0) is 0 Å². The molecule has 0 spiro atoms. The maximum absolute atomic E-state index is 3.51. The van der Waals surface area contributed by atoms with Crippen molar-refractivity contribution in [3.05, 3.63) is 22.4 Å². The van der Waals surface area contributed by atoms with Crippen molar-refractivity contribution in [3.63, 3.8) is 0 Å². The number of nitrogens with one attached hydrogen (secondary N) is 1. The third kappa shape index (κ3) is 1.85. The Morgan fingerprint density at radius 1 is 1.36 bits per heavy atom. The van der Waals surface area contributed by atoms with Gasteiger partial charge in [-0.3, -0.25) is 0 Å². The predicted octanol–water partition coefficient (Wildman–Crippen LogP) is 4.02. The molecule has 2 rings (SSSR count). The van der Waals surface area contributed by atoms with Crippen LogP contribution in [0, 0.1) is 0 Å². The third-order valence-corrected chi connectivity index (χ3v) is 4.57. The first kappa shape index (κ1) is 10.1. The molecule has 0 aliphatic heterocycles. The van der Waals surface area contributed by atoms with Crippen molar-refractivity contribution in [2.75, 3.05) is 6.54 Å². The Bertz CT molecular complexity index is 373. The molecule has 1 atom stereocenters. The Balaban J connectivity index is 2.27. The van der Waals surface area contributed by atoms with Crippen LogP contribution in [-0.4, -0.2) is 6.54 Å². The lowest BCUT2D eigenvalue weighted by atomic mass is 10.2. The Hall–Kier alpha value is -0.380. The van der Waals surface area contributed by atoms with Crippen LogP contribution in [0.2, 0.25) is 0 Å². The lowest BCUT2D eigenvalue weighted by Crippen LogP contribution is -2.18. The van der Waals surface area contributed by atoms with Crippen LogP contribution in [0.3, 0.4) is 0 Å². The summed E-state index contributed by atoms with van der Waals surface area (Å²) in [5.41, 5.74) is 0. The number of thiophene rings is 2. The fourth-order valence-electron chi connectivity index (χ4n) is 1.65. The van der Waals surface area contributed by atoms with Crippen LogP contribution >= 0.6 is 22.7 Å². The van der Waals surface area contributed by atoms with E-state index in [-0.39, 0.29) is 0 Å². The molecule has 1 unspecified atom stereocenters. The van der Waals surface area contributed by atoms with Gasteiger partial charge in [0, 0.05) is 20.3 Å². The van der Waals surface area contributed by atoms with Crippen molar-refractivity contribution < 1.29 is 0 Å². The molecular formula is C11H15NS2. The molecule has 14 heavy (non-hydrogen) atoms. The van der Waals surface area contributed by atoms with Gasteiger partial charge >= 0.3 is 0 Å². The molecule has 0 aromatic carbocycles. The van der Waals surface area contributed by atoms with Gasteiger partial charge in [0.25, 0.3) is 0 Å². The molecule has 2 heterocycles. The van der Waals surface area contributed by atoms with Gasteiger partial charge in [0.2, 0.25) is 0 Å². The standard InChI is InChI=1S/C11H15NS2/c1-3-8(12-4-2)10-7-11-9(14-10)5-6-13-11/h5-8,12H,3-4H2,1-2H3. The van der Waals surface area contributed by atoms with E-state index in [1.165, 1.54) is 20.7 Å². The summed E-state index contributed by atoms with van der Waals surface area (Å²) < 4.78 is 2.86. The van der Waals surface area contributed by atoms with E-state index in [0.29, 0.717) is 6.04 Å². The van der Waals surface area contributed by atoms with Gasteiger partial charge in [-0.15, -0.1) is 22.7 Å². The van der Waals surface area contributed by atoms with E-state index >= 15 is 0 Å². The molecule has 0 saturated heterocycles. The average Bonchev–Trinajstić information content (AvgIpc) is 2.73. The number of fused-ring (bicyclic) bond motifs is 1. The van der Waals surface area contributed by atoms with Gasteiger partial charge in [0.05, 0.1) is 0 Å². The zero-order valence-corrected chi connectivity index (χ0v) is 10.2. The van der Waals surface area contributed by atoms with Crippen molar-refractivity contribution in [2.45, 2.75) is 26.3 Å². The molecule has 0 fully saturated rings. The second kappa shape index (κ2) is 4.43. The summed E-state index contributed by atoms with van der Waals surface area (Å²) >= 11 is 3.76. The van der Waals surface area contributed by atoms with E-state index in [2.05, 4.69) is 36.7 Å². The summed E-state index contributed by atoms with van der Waals surface area (Å²) in [6.07, 6.45) is 1.17. The number of hydrogen-bond acceptors (Lipinski definition) is 3. The monoisotopic (exact) mass is 225 g/mol. The Morgan fingerprint density at radius 2 is 2.21 bits per heavy atom. The minimum atomic E-state index is 0.546. The zero-order chi connectivity index (χ0) is 9.97. The third-order valence-electron chi connectivity index (χ3n) is 2.36. The van der Waals surface area contributed by atoms with Crippen LogP contribution in [0.5, 0.6) is 0 Å². The fourth-order valence-corrected chi connectivity index (χ4v) is 3.93. The summed E-state index contributed by atoms with van der Waals surface area (Å²) in [7, 11) is 0. The lowest BCUT2D eigenvalue weighted by molar-refractivity contribution is 0.546. The maximum Gasteiger partial charge on any atom is 0.0454 e. The van der Waals surface area contributed by atoms with Crippen LogP contribution in [0.15, 0.2) is 17.5 Å². The lowest BCUT2D eigenvalue weighted by Gasteiger charge is -2.12. The van der Waals surface area contributed by atoms with Crippen LogP contribution < -0.4 is 5.32 Å². The van der Waals surface area contributed by atoms with Gasteiger partial charge in [-0.25, -0.2) is 0 Å². The normalized spacial score (nSPS) is 13.6. The number of rotatable bonds is 4. The largest absolute Gasteiger partial charge is 0.310 e. The summed E-state index contributed by atoms with van der Waals surface area (Å²) in [4.78, 5) is 1.48. The van der Waals surface area contributed by atoms with E-state index in [1.807, 2.05) is 22.7 Å². The quantitative estimate of drug-likeness (QED) is 0.828. The van der Waals surface area contributed by atoms with Crippen LogP contribution in [0.4, 0.5) is 0 Å². The first-order valence-electron chi connectivity index (χ1n) is 5.05. The highest BCUT2D eigenvalue weighted by molar-refractivity contribution is 7.26. The topological polar surface area (TPSA) is 12.0 Å². The van der Waals surface area contributed by atoms with Gasteiger partial charge in [-0.1, -0.05) is 13.8 Å². The van der Waals surface area contributed by atoms with Crippen molar-refractivity contribution in [3.8, 4) is 0 Å². The second-order valence-corrected chi connectivity index (χ2v) is 5.38. The molecule has 3 heteroatoms. The van der Waals surface area contributed by atoms with Gasteiger partial charge in [0.1, 0.15) is 0 Å². The first-order valence-corrected chi connectivity index (χ1v) is 6.75. The molecular weight excluding hydrogens is 210 g/mol. The van der Waals surface area contributed by atoms with Crippen molar-refractivity contribution in [1.29, 1.82) is 0 Å². The molecule has 0 aliphatic carbocycles. The van der Waals surface area contributed by atoms with Crippen molar-refractivity contribution in [2.24, 2.45) is 0 Å². The summed E-state index contributed by atoms with van der Waals surface area (Å²) in [6.45, 7) is 5.45. The molecule has 1 nitrogen and oxygen atoms in total. The summed E-state index contributed by atoms with van der Waals surface area (Å²) in [5, 5.41) is 5.68. The molecule has 0 bridgehead atoms. The van der Waals surface area contributed by atoms with E-state index in [4.69, 9.17) is 0 Å². The van der Waals surface area contributed by atoms with Gasteiger partial charge in [-0.2, -0.15) is 0 Å². The Morgan fingerprint density at radius 3 is 2.86 bits per heavy atom. The molecule has 1 N–H and O–H groups in total. The molecule has 2 aromatic rings. The highest BCUT2D eigenvalue weighted by Crippen LogP contribution is 2.34. The molecule has 0 radical (unpaired) electrons. The highest BCUT2D eigenvalue weighted by atomic mass is 32.1. The molecule has 76 valence electrons. The Kier molecular flexibility index (Phi) is 3.21. The number of hydrogen-bond donors (Lipinski definition) is 1. The first-order chi connectivity index (χ1) is 6.85. The maximum atomic E-state index is 3.51. The average molecular weight is 225 g/mol. The molecule has 0 saturated carbocycles. The van der Waals surface area contributed by atoms with Crippen molar-refractivity contribution >= 4 is 32.1 Å². The molecule has 2 aromatic heterocycles. The zero-order valence-electron chi connectivity index (χ0n) is 8.54. The predicted molar refractivity (Wildman–Crippen MR) is 66.4 cm³/mol. The summed E-state index contributed by atoms with van der Waals surface area (Å²) in [5.74, 6) is 0. The van der Waals surface area contributed by atoms with Crippen molar-refractivity contribution in [1.82, 2.24) is 5.32 Å². The van der Waals surface area contributed by atoms with Crippen LogP contribution in [0.25, 0.3) is 9.40 Å². The van der Waals surface area contributed by atoms with E-state index in [9.17, 15) is 0 Å². The fraction of sp³-hybridized carbons (Fsp3) is 0.455. The highest BCUT2D eigenvalue weighted by Gasteiger charge is 2.11. The van der Waals surface area contributed by atoms with Gasteiger partial charge < -0.3 is 5.32 Å². The van der Waals surface area contributed by atoms with Gasteiger partial charge in [-0.05, 0) is 30.5 Å². The van der Waals surface area contributed by atoms with E-state index in [1.54, 1.807) is 0 Å². The van der Waals surface area contributed by atoms with Crippen LogP contribution in [0.1, 0.15) is 31.2 Å². The van der Waals surface area contributed by atoms with E-state index in [0.717, 1.165) is 6.54 Å². The van der Waals surface area contributed by atoms with E-state index < -0.39 is 0 Å². The summed E-state index contributed by atoms with van der Waals surface area (Å²) in [6, 6.07) is 5.10. The molecule has 0 amide bonds.